The first-order valence-corrected chi connectivity index (χ1v) is 7.89. The molecular formula is C18H17ClN2O2. The molecule has 2 amide bonds. The maximum Gasteiger partial charge on any atom is 0.229 e. The van der Waals surface area contributed by atoms with E-state index >= 15 is 0 Å². The van der Waals surface area contributed by atoms with Crippen LogP contribution in [-0.4, -0.2) is 24.4 Å². The minimum Gasteiger partial charge on any atom is -0.351 e. The van der Waals surface area contributed by atoms with Gasteiger partial charge in [0.2, 0.25) is 11.8 Å². The average Bonchev–Trinajstić information content (AvgIpc) is 2.91. The van der Waals surface area contributed by atoms with E-state index in [1.165, 1.54) is 0 Å². The molecule has 0 aliphatic carbocycles. The smallest absolute Gasteiger partial charge is 0.229 e. The molecule has 2 aromatic rings. The third-order valence-electron chi connectivity index (χ3n) is 3.84. The molecule has 118 valence electrons. The van der Waals surface area contributed by atoms with Gasteiger partial charge in [-0.25, -0.2) is 0 Å². The number of rotatable bonds is 4. The molecule has 0 aromatic heterocycles. The fourth-order valence-corrected chi connectivity index (χ4v) is 2.85. The van der Waals surface area contributed by atoms with E-state index in [-0.39, 0.29) is 24.3 Å². The van der Waals surface area contributed by atoms with Crippen molar-refractivity contribution in [3.8, 4) is 0 Å². The number of carbonyl (C=O) groups excluding carboxylic acids is 2. The summed E-state index contributed by atoms with van der Waals surface area (Å²) < 4.78 is 0. The Kier molecular flexibility index (Phi) is 4.63. The van der Waals surface area contributed by atoms with E-state index in [1.807, 2.05) is 42.5 Å². The van der Waals surface area contributed by atoms with Gasteiger partial charge >= 0.3 is 0 Å². The molecule has 1 saturated heterocycles. The summed E-state index contributed by atoms with van der Waals surface area (Å²) in [5.41, 5.74) is 1.77. The number of hydrogen-bond acceptors (Lipinski definition) is 2. The molecule has 0 bridgehead atoms. The Bertz CT molecular complexity index is 701. The number of nitrogens with one attached hydrogen (secondary N) is 1. The number of carbonyl (C=O) groups is 2. The lowest BCUT2D eigenvalue weighted by Crippen LogP contribution is -2.38. The summed E-state index contributed by atoms with van der Waals surface area (Å²) in [5.74, 6) is -0.0481. The molecule has 1 fully saturated rings. The number of amides is 2. The largest absolute Gasteiger partial charge is 0.351 e. The van der Waals surface area contributed by atoms with Crippen LogP contribution in [-0.2, 0) is 16.0 Å². The molecule has 0 unspecified atom stereocenters. The van der Waals surface area contributed by atoms with Crippen LogP contribution in [0.1, 0.15) is 12.0 Å². The van der Waals surface area contributed by atoms with Crippen molar-refractivity contribution in [1.82, 2.24) is 5.32 Å². The van der Waals surface area contributed by atoms with Crippen molar-refractivity contribution >= 4 is 29.1 Å². The van der Waals surface area contributed by atoms with Gasteiger partial charge in [0.25, 0.3) is 0 Å². The first-order valence-electron chi connectivity index (χ1n) is 7.51. The minimum absolute atomic E-state index is 0.0352. The molecule has 23 heavy (non-hydrogen) atoms. The number of halogens is 1. The van der Waals surface area contributed by atoms with Gasteiger partial charge in [0.05, 0.1) is 12.5 Å². The summed E-state index contributed by atoms with van der Waals surface area (Å²) in [5, 5.41) is 3.58. The molecule has 1 atom stereocenters. The normalized spacial score (nSPS) is 17.3. The van der Waals surface area contributed by atoms with Crippen LogP contribution in [0.25, 0.3) is 0 Å². The lowest BCUT2D eigenvalue weighted by atomic mass is 10.1. The highest BCUT2D eigenvalue weighted by Crippen LogP contribution is 2.21. The second-order valence-electron chi connectivity index (χ2n) is 5.61. The van der Waals surface area contributed by atoms with Crippen LogP contribution in [0.4, 0.5) is 5.69 Å². The molecular weight excluding hydrogens is 312 g/mol. The number of nitrogens with zero attached hydrogens (tertiary/aromatic N) is 1. The van der Waals surface area contributed by atoms with Gasteiger partial charge in [0, 0.05) is 23.7 Å². The fraction of sp³-hybridized carbons (Fsp3) is 0.222. The van der Waals surface area contributed by atoms with E-state index in [0.717, 1.165) is 11.3 Å². The van der Waals surface area contributed by atoms with Gasteiger partial charge in [-0.1, -0.05) is 41.9 Å². The number of anilines is 1. The van der Waals surface area contributed by atoms with Crippen molar-refractivity contribution < 1.29 is 9.59 Å². The highest BCUT2D eigenvalue weighted by molar-refractivity contribution is 6.30. The number of hydrogen-bond donors (Lipinski definition) is 1. The van der Waals surface area contributed by atoms with Crippen LogP contribution in [0.3, 0.4) is 0 Å². The van der Waals surface area contributed by atoms with Crippen molar-refractivity contribution in [2.75, 3.05) is 11.4 Å². The van der Waals surface area contributed by atoms with Crippen LogP contribution in [0.2, 0.25) is 5.02 Å². The van der Waals surface area contributed by atoms with Gasteiger partial charge in [0.15, 0.2) is 0 Å². The molecule has 4 nitrogen and oxygen atoms in total. The van der Waals surface area contributed by atoms with Crippen LogP contribution < -0.4 is 10.2 Å². The summed E-state index contributed by atoms with van der Waals surface area (Å²) >= 11 is 5.83. The zero-order chi connectivity index (χ0) is 16.2. The third kappa shape index (κ3) is 3.90. The monoisotopic (exact) mass is 328 g/mol. The van der Waals surface area contributed by atoms with Crippen molar-refractivity contribution in [3.05, 3.63) is 65.2 Å². The third-order valence-corrected chi connectivity index (χ3v) is 4.09. The molecule has 1 aliphatic rings. The van der Waals surface area contributed by atoms with Crippen molar-refractivity contribution in [2.45, 2.75) is 18.9 Å². The van der Waals surface area contributed by atoms with Crippen molar-refractivity contribution in [2.24, 2.45) is 0 Å². The summed E-state index contributed by atoms with van der Waals surface area (Å²) in [7, 11) is 0. The van der Waals surface area contributed by atoms with Crippen LogP contribution in [0.5, 0.6) is 0 Å². The van der Waals surface area contributed by atoms with E-state index in [0.29, 0.717) is 18.0 Å². The van der Waals surface area contributed by atoms with Gasteiger partial charge in [-0.3, -0.25) is 9.59 Å². The Hall–Kier alpha value is -2.33. The highest BCUT2D eigenvalue weighted by atomic mass is 35.5. The van der Waals surface area contributed by atoms with Gasteiger partial charge in [-0.2, -0.15) is 0 Å². The molecule has 1 heterocycles. The molecule has 1 N–H and O–H groups in total. The van der Waals surface area contributed by atoms with Crippen molar-refractivity contribution in [3.63, 3.8) is 0 Å². The van der Waals surface area contributed by atoms with Crippen LogP contribution >= 0.6 is 11.6 Å². The molecule has 3 rings (SSSR count). The topological polar surface area (TPSA) is 49.4 Å². The van der Waals surface area contributed by atoms with Gasteiger partial charge < -0.3 is 10.2 Å². The first kappa shape index (κ1) is 15.6. The fourth-order valence-electron chi connectivity index (χ4n) is 2.73. The predicted molar refractivity (Wildman–Crippen MR) is 90.5 cm³/mol. The van der Waals surface area contributed by atoms with Crippen molar-refractivity contribution in [1.29, 1.82) is 0 Å². The second-order valence-corrected chi connectivity index (χ2v) is 6.05. The van der Waals surface area contributed by atoms with Gasteiger partial charge in [0.1, 0.15) is 0 Å². The van der Waals surface area contributed by atoms with Gasteiger partial charge in [-0.15, -0.1) is 0 Å². The van der Waals surface area contributed by atoms with E-state index in [1.54, 1.807) is 17.0 Å². The van der Waals surface area contributed by atoms with E-state index in [9.17, 15) is 9.59 Å². The molecule has 5 heteroatoms. The summed E-state index contributed by atoms with van der Waals surface area (Å²) in [6.45, 7) is 0.509. The average molecular weight is 329 g/mol. The summed E-state index contributed by atoms with van der Waals surface area (Å²) in [6, 6.07) is 16.5. The minimum atomic E-state index is -0.150. The van der Waals surface area contributed by atoms with E-state index < -0.39 is 0 Å². The lowest BCUT2D eigenvalue weighted by Gasteiger charge is -2.17. The molecule has 0 saturated carbocycles. The Labute approximate surface area is 140 Å². The molecule has 1 aliphatic heterocycles. The number of para-hydroxylation sites is 1. The molecule has 0 radical (unpaired) electrons. The quantitative estimate of drug-likeness (QED) is 0.938. The molecule has 0 spiro atoms. The summed E-state index contributed by atoms with van der Waals surface area (Å²) in [4.78, 5) is 26.0. The maximum absolute atomic E-state index is 12.1. The Morgan fingerprint density at radius 2 is 1.83 bits per heavy atom. The Morgan fingerprint density at radius 3 is 2.52 bits per heavy atom. The highest BCUT2D eigenvalue weighted by Gasteiger charge is 2.31. The summed E-state index contributed by atoms with van der Waals surface area (Å²) in [6.07, 6.45) is 0.619. The second kappa shape index (κ2) is 6.84. The van der Waals surface area contributed by atoms with Crippen LogP contribution in [0.15, 0.2) is 54.6 Å². The molecule has 2 aromatic carbocycles. The Morgan fingerprint density at radius 1 is 1.13 bits per heavy atom. The predicted octanol–water partition coefficient (Wildman–Crippen LogP) is 2.80. The maximum atomic E-state index is 12.1. The Balaban J connectivity index is 1.57. The standard InChI is InChI=1S/C18H17ClN2O2/c19-14-8-6-13(7-9-14)10-17(22)20-15-11-18(23)21(12-15)16-4-2-1-3-5-16/h1-9,15H,10-12H2,(H,20,22)/t15-/m0/s1. The van der Waals surface area contributed by atoms with Gasteiger partial charge in [-0.05, 0) is 29.8 Å². The zero-order valence-corrected chi connectivity index (χ0v) is 13.3. The van der Waals surface area contributed by atoms with E-state index in [2.05, 4.69) is 5.32 Å². The number of benzene rings is 2. The lowest BCUT2D eigenvalue weighted by molar-refractivity contribution is -0.121. The zero-order valence-electron chi connectivity index (χ0n) is 12.5. The van der Waals surface area contributed by atoms with E-state index in [4.69, 9.17) is 11.6 Å². The first-order chi connectivity index (χ1) is 11.1. The van der Waals surface area contributed by atoms with Crippen LogP contribution in [0, 0.1) is 0 Å². The SMILES string of the molecule is O=C(Cc1ccc(Cl)cc1)N[C@H]1CC(=O)N(c2ccccc2)C1.